The van der Waals surface area contributed by atoms with Crippen LogP contribution in [0.25, 0.3) is 11.1 Å². The first kappa shape index (κ1) is 21.5. The Morgan fingerprint density at radius 3 is 2.50 bits per heavy atom. The van der Waals surface area contributed by atoms with Gasteiger partial charge in [-0.15, -0.1) is 0 Å². The number of amides is 1. The van der Waals surface area contributed by atoms with E-state index in [0.29, 0.717) is 25.1 Å². The number of nitrogens with two attached hydrogens (primary N) is 1. The van der Waals surface area contributed by atoms with Gasteiger partial charge in [0.05, 0.1) is 0 Å². The van der Waals surface area contributed by atoms with E-state index >= 15 is 0 Å². The van der Waals surface area contributed by atoms with Crippen LogP contribution < -0.4 is 5.73 Å². The molecule has 0 saturated heterocycles. The van der Waals surface area contributed by atoms with E-state index in [1.807, 2.05) is 43.4 Å². The standard InChI is InChI=1S/C23H30N2O3/c1-3-4-5-9-22(26)25(2)16-18-7-6-8-19(14-18)20-12-10-17(15-21(20)24)11-13-23(27)28/h6-8,10,12,14-15H,3-5,9,11,13,16,24H2,1-2H3,(H,27,28). The Balaban J connectivity index is 2.08. The molecule has 0 radical (unpaired) electrons. The van der Waals surface area contributed by atoms with Crippen molar-refractivity contribution in [2.45, 2.75) is 52.0 Å². The van der Waals surface area contributed by atoms with Gasteiger partial charge in [0, 0.05) is 37.7 Å². The van der Waals surface area contributed by atoms with Gasteiger partial charge in [0.1, 0.15) is 0 Å². The third kappa shape index (κ3) is 6.41. The zero-order valence-electron chi connectivity index (χ0n) is 16.8. The number of hydrogen-bond acceptors (Lipinski definition) is 3. The minimum absolute atomic E-state index is 0.0902. The van der Waals surface area contributed by atoms with Crippen LogP contribution in [0, 0.1) is 0 Å². The lowest BCUT2D eigenvalue weighted by molar-refractivity contribution is -0.137. The largest absolute Gasteiger partial charge is 0.481 e. The van der Waals surface area contributed by atoms with Gasteiger partial charge in [0.15, 0.2) is 0 Å². The summed E-state index contributed by atoms with van der Waals surface area (Å²) < 4.78 is 0. The molecule has 0 saturated carbocycles. The molecular formula is C23H30N2O3. The van der Waals surface area contributed by atoms with E-state index < -0.39 is 5.97 Å². The van der Waals surface area contributed by atoms with Crippen molar-refractivity contribution in [1.29, 1.82) is 0 Å². The number of hydrogen-bond donors (Lipinski definition) is 2. The van der Waals surface area contributed by atoms with E-state index in [1.54, 1.807) is 4.90 Å². The van der Waals surface area contributed by atoms with Gasteiger partial charge in [0.25, 0.3) is 0 Å². The van der Waals surface area contributed by atoms with Gasteiger partial charge in [-0.1, -0.05) is 50.1 Å². The molecule has 0 aliphatic carbocycles. The van der Waals surface area contributed by atoms with E-state index in [2.05, 4.69) is 13.0 Å². The van der Waals surface area contributed by atoms with Crippen LogP contribution >= 0.6 is 0 Å². The SMILES string of the molecule is CCCCCC(=O)N(C)Cc1cccc(-c2ccc(CCC(=O)O)cc2N)c1. The molecule has 2 aromatic rings. The molecule has 0 fully saturated rings. The Bertz CT molecular complexity index is 817. The molecule has 0 atom stereocenters. The van der Waals surface area contributed by atoms with Gasteiger partial charge in [-0.25, -0.2) is 0 Å². The first-order chi connectivity index (χ1) is 13.4. The fourth-order valence-corrected chi connectivity index (χ4v) is 3.20. The predicted molar refractivity (Wildman–Crippen MR) is 113 cm³/mol. The highest BCUT2D eigenvalue weighted by atomic mass is 16.4. The average Bonchev–Trinajstić information content (AvgIpc) is 2.66. The summed E-state index contributed by atoms with van der Waals surface area (Å²) >= 11 is 0. The first-order valence-corrected chi connectivity index (χ1v) is 9.84. The highest BCUT2D eigenvalue weighted by Crippen LogP contribution is 2.28. The second-order valence-electron chi connectivity index (χ2n) is 7.22. The number of carboxylic acids is 1. The summed E-state index contributed by atoms with van der Waals surface area (Å²) in [5.41, 5.74) is 10.7. The zero-order valence-corrected chi connectivity index (χ0v) is 16.8. The minimum atomic E-state index is -0.816. The van der Waals surface area contributed by atoms with E-state index in [-0.39, 0.29) is 12.3 Å². The molecule has 5 heteroatoms. The van der Waals surface area contributed by atoms with Crippen LogP contribution in [0.3, 0.4) is 0 Å². The number of rotatable bonds is 10. The van der Waals surface area contributed by atoms with Gasteiger partial charge in [0.2, 0.25) is 5.91 Å². The van der Waals surface area contributed by atoms with Crippen LogP contribution in [0.5, 0.6) is 0 Å². The van der Waals surface area contributed by atoms with Crippen molar-refractivity contribution < 1.29 is 14.7 Å². The average molecular weight is 383 g/mol. The van der Waals surface area contributed by atoms with Crippen molar-refractivity contribution in [2.24, 2.45) is 0 Å². The number of carboxylic acid groups (broad SMARTS) is 1. The third-order valence-electron chi connectivity index (χ3n) is 4.82. The van der Waals surface area contributed by atoms with E-state index in [0.717, 1.165) is 41.5 Å². The summed E-state index contributed by atoms with van der Waals surface area (Å²) in [7, 11) is 1.84. The molecule has 28 heavy (non-hydrogen) atoms. The Morgan fingerprint density at radius 1 is 1.04 bits per heavy atom. The van der Waals surface area contributed by atoms with Gasteiger partial charge in [-0.05, 0) is 41.7 Å². The van der Waals surface area contributed by atoms with E-state index in [9.17, 15) is 9.59 Å². The summed E-state index contributed by atoms with van der Waals surface area (Å²) in [6.45, 7) is 2.69. The lowest BCUT2D eigenvalue weighted by Gasteiger charge is -2.18. The summed E-state index contributed by atoms with van der Waals surface area (Å²) in [4.78, 5) is 24.7. The third-order valence-corrected chi connectivity index (χ3v) is 4.82. The molecule has 2 rings (SSSR count). The normalized spacial score (nSPS) is 10.6. The molecule has 150 valence electrons. The zero-order chi connectivity index (χ0) is 20.5. The van der Waals surface area contributed by atoms with Crippen molar-refractivity contribution in [3.63, 3.8) is 0 Å². The van der Waals surface area contributed by atoms with Crippen molar-refractivity contribution in [1.82, 2.24) is 4.90 Å². The maximum Gasteiger partial charge on any atom is 0.303 e. The van der Waals surface area contributed by atoms with Gasteiger partial charge >= 0.3 is 5.97 Å². The monoisotopic (exact) mass is 382 g/mol. The maximum absolute atomic E-state index is 12.2. The molecule has 0 aromatic heterocycles. The molecule has 0 bridgehead atoms. The molecule has 5 nitrogen and oxygen atoms in total. The molecular weight excluding hydrogens is 352 g/mol. The maximum atomic E-state index is 12.2. The molecule has 0 spiro atoms. The van der Waals surface area contributed by atoms with Crippen LogP contribution in [0.1, 0.15) is 50.2 Å². The highest BCUT2D eigenvalue weighted by Gasteiger charge is 2.10. The number of unbranched alkanes of at least 4 members (excludes halogenated alkanes) is 2. The Kier molecular flexibility index (Phi) is 8.05. The van der Waals surface area contributed by atoms with Crippen LogP contribution in [0.15, 0.2) is 42.5 Å². The fraction of sp³-hybridized carbons (Fsp3) is 0.391. The lowest BCUT2D eigenvalue weighted by atomic mass is 9.98. The van der Waals surface area contributed by atoms with E-state index in [1.165, 1.54) is 0 Å². The van der Waals surface area contributed by atoms with Crippen molar-refractivity contribution in [3.8, 4) is 11.1 Å². The van der Waals surface area contributed by atoms with Crippen LogP contribution in [0.4, 0.5) is 5.69 Å². The molecule has 0 unspecified atom stereocenters. The Morgan fingerprint density at radius 2 is 1.82 bits per heavy atom. The number of carbonyl (C=O) groups excluding carboxylic acids is 1. The Hall–Kier alpha value is -2.82. The smallest absolute Gasteiger partial charge is 0.303 e. The first-order valence-electron chi connectivity index (χ1n) is 9.84. The fourth-order valence-electron chi connectivity index (χ4n) is 3.20. The quantitative estimate of drug-likeness (QED) is 0.468. The van der Waals surface area contributed by atoms with Gasteiger partial charge < -0.3 is 15.7 Å². The number of aryl methyl sites for hydroxylation is 1. The molecule has 3 N–H and O–H groups in total. The number of anilines is 1. The summed E-state index contributed by atoms with van der Waals surface area (Å²) in [6, 6.07) is 13.7. The van der Waals surface area contributed by atoms with Gasteiger partial charge in [-0.2, -0.15) is 0 Å². The molecule has 0 aliphatic rings. The van der Waals surface area contributed by atoms with Crippen molar-refractivity contribution >= 4 is 17.6 Å². The van der Waals surface area contributed by atoms with Crippen molar-refractivity contribution in [2.75, 3.05) is 12.8 Å². The second kappa shape index (κ2) is 10.5. The molecule has 1 amide bonds. The number of aliphatic carboxylic acids is 1. The number of nitrogens with zero attached hydrogens (tertiary/aromatic N) is 1. The summed E-state index contributed by atoms with van der Waals surface area (Å²) in [5, 5.41) is 8.82. The van der Waals surface area contributed by atoms with Gasteiger partial charge in [-0.3, -0.25) is 9.59 Å². The van der Waals surface area contributed by atoms with E-state index in [4.69, 9.17) is 10.8 Å². The minimum Gasteiger partial charge on any atom is -0.481 e. The molecule has 0 heterocycles. The topological polar surface area (TPSA) is 83.6 Å². The highest BCUT2D eigenvalue weighted by molar-refractivity contribution is 5.78. The Labute approximate surface area is 167 Å². The van der Waals surface area contributed by atoms with Crippen LogP contribution in [-0.2, 0) is 22.6 Å². The number of benzene rings is 2. The molecule has 0 aliphatic heterocycles. The van der Waals surface area contributed by atoms with Crippen molar-refractivity contribution in [3.05, 3.63) is 53.6 Å². The van der Waals surface area contributed by atoms with Crippen LogP contribution in [0.2, 0.25) is 0 Å². The number of carbonyl (C=O) groups is 2. The van der Waals surface area contributed by atoms with Crippen LogP contribution in [-0.4, -0.2) is 28.9 Å². The number of nitrogen functional groups attached to an aromatic ring is 1. The summed E-state index contributed by atoms with van der Waals surface area (Å²) in [5.74, 6) is -0.648. The predicted octanol–water partition coefficient (Wildman–Crippen LogP) is 4.49. The summed E-state index contributed by atoms with van der Waals surface area (Å²) in [6.07, 6.45) is 4.27. The lowest BCUT2D eigenvalue weighted by Crippen LogP contribution is -2.25. The molecule has 2 aromatic carbocycles. The second-order valence-corrected chi connectivity index (χ2v) is 7.22.